The van der Waals surface area contributed by atoms with Gasteiger partial charge in [0.15, 0.2) is 0 Å². The summed E-state index contributed by atoms with van der Waals surface area (Å²) in [6, 6.07) is 14.9. The van der Waals surface area contributed by atoms with E-state index in [1.165, 1.54) is 16.3 Å². The summed E-state index contributed by atoms with van der Waals surface area (Å²) in [6.45, 7) is 2.12. The van der Waals surface area contributed by atoms with Gasteiger partial charge in [-0.05, 0) is 17.7 Å². The molecule has 0 spiro atoms. The van der Waals surface area contributed by atoms with Crippen molar-refractivity contribution in [2.75, 3.05) is 0 Å². The van der Waals surface area contributed by atoms with Crippen LogP contribution in [0.15, 0.2) is 42.5 Å². The standard InChI is InChI=1S/C11H10.H2O2/c1-9-6-7-10-4-2-3-5-11(10)8-9;1-2/h2-8H,1H3;1-2H. The van der Waals surface area contributed by atoms with Gasteiger partial charge in [0.05, 0.1) is 0 Å². The molecule has 0 radical (unpaired) electrons. The van der Waals surface area contributed by atoms with Crippen molar-refractivity contribution >= 4 is 10.8 Å². The van der Waals surface area contributed by atoms with E-state index >= 15 is 0 Å². The second kappa shape index (κ2) is 4.60. The molecule has 2 aromatic rings. The molecule has 0 unspecified atom stereocenters. The minimum Gasteiger partial charge on any atom is -0.255 e. The highest BCUT2D eigenvalue weighted by atomic mass is 17.0. The quantitative estimate of drug-likeness (QED) is 0.478. The first-order valence-corrected chi connectivity index (χ1v) is 4.02. The molecule has 0 bridgehead atoms. The first kappa shape index (κ1) is 9.71. The van der Waals surface area contributed by atoms with Gasteiger partial charge in [-0.3, -0.25) is 10.5 Å². The predicted molar refractivity (Wildman–Crippen MR) is 53.9 cm³/mol. The van der Waals surface area contributed by atoms with Crippen LogP contribution in [-0.2, 0) is 0 Å². The Hall–Kier alpha value is -1.38. The molecule has 2 heteroatoms. The van der Waals surface area contributed by atoms with Crippen LogP contribution < -0.4 is 0 Å². The van der Waals surface area contributed by atoms with Crippen molar-refractivity contribution in [3.05, 3.63) is 48.0 Å². The zero-order valence-corrected chi connectivity index (χ0v) is 7.44. The normalized spacial score (nSPS) is 9.15. The maximum Gasteiger partial charge on any atom is -0.0181 e. The van der Waals surface area contributed by atoms with Gasteiger partial charge < -0.3 is 0 Å². The van der Waals surface area contributed by atoms with Crippen LogP contribution in [0, 0.1) is 6.92 Å². The molecule has 0 heterocycles. The maximum absolute atomic E-state index is 6.00. The zero-order chi connectivity index (χ0) is 9.68. The third-order valence-electron chi connectivity index (χ3n) is 1.90. The highest BCUT2D eigenvalue weighted by molar-refractivity contribution is 5.82. The molecule has 0 aliphatic rings. The van der Waals surface area contributed by atoms with Gasteiger partial charge in [-0.25, -0.2) is 0 Å². The van der Waals surface area contributed by atoms with E-state index in [2.05, 4.69) is 49.4 Å². The highest BCUT2D eigenvalue weighted by Crippen LogP contribution is 2.14. The Balaban J connectivity index is 0.000000396. The lowest BCUT2D eigenvalue weighted by Crippen LogP contribution is -1.73. The van der Waals surface area contributed by atoms with Gasteiger partial charge >= 0.3 is 0 Å². The molecule has 0 amide bonds. The van der Waals surface area contributed by atoms with Gasteiger partial charge in [0, 0.05) is 0 Å². The van der Waals surface area contributed by atoms with Crippen molar-refractivity contribution in [2.24, 2.45) is 0 Å². The van der Waals surface area contributed by atoms with Gasteiger partial charge in [-0.1, -0.05) is 48.0 Å². The molecule has 0 saturated carbocycles. The van der Waals surface area contributed by atoms with Gasteiger partial charge in [0.1, 0.15) is 0 Å². The molecule has 2 rings (SSSR count). The molecular weight excluding hydrogens is 164 g/mol. The van der Waals surface area contributed by atoms with Gasteiger partial charge in [0.25, 0.3) is 0 Å². The number of benzene rings is 2. The fourth-order valence-electron chi connectivity index (χ4n) is 1.31. The highest BCUT2D eigenvalue weighted by Gasteiger charge is 1.89. The fourth-order valence-corrected chi connectivity index (χ4v) is 1.31. The Morgan fingerprint density at radius 3 is 2.15 bits per heavy atom. The second-order valence-corrected chi connectivity index (χ2v) is 2.85. The Morgan fingerprint density at radius 1 is 0.846 bits per heavy atom. The monoisotopic (exact) mass is 176 g/mol. The molecule has 68 valence electrons. The van der Waals surface area contributed by atoms with Crippen molar-refractivity contribution in [1.29, 1.82) is 0 Å². The smallest absolute Gasteiger partial charge is 0.0181 e. The van der Waals surface area contributed by atoms with Crippen LogP contribution in [0.5, 0.6) is 0 Å². The Bertz CT molecular complexity index is 383. The number of aryl methyl sites for hydroxylation is 1. The number of hydrogen-bond donors (Lipinski definition) is 2. The van der Waals surface area contributed by atoms with Crippen molar-refractivity contribution in [1.82, 2.24) is 0 Å². The minimum absolute atomic E-state index is 1.32. The molecule has 0 saturated heterocycles. The maximum atomic E-state index is 6.00. The summed E-state index contributed by atoms with van der Waals surface area (Å²) in [5, 5.41) is 14.6. The zero-order valence-electron chi connectivity index (χ0n) is 7.44. The summed E-state index contributed by atoms with van der Waals surface area (Å²) in [6.07, 6.45) is 0. The molecule has 2 nitrogen and oxygen atoms in total. The minimum atomic E-state index is 1.32. The molecule has 2 N–H and O–H groups in total. The van der Waals surface area contributed by atoms with E-state index in [-0.39, 0.29) is 0 Å². The van der Waals surface area contributed by atoms with Crippen LogP contribution in [-0.4, -0.2) is 10.5 Å². The predicted octanol–water partition coefficient (Wildman–Crippen LogP) is 3.17. The van der Waals surface area contributed by atoms with Crippen LogP contribution in [0.4, 0.5) is 0 Å². The van der Waals surface area contributed by atoms with Crippen LogP contribution in [0.1, 0.15) is 5.56 Å². The number of rotatable bonds is 0. The molecule has 13 heavy (non-hydrogen) atoms. The molecule has 0 aliphatic carbocycles. The molecule has 2 aromatic carbocycles. The first-order chi connectivity index (χ1) is 6.36. The molecule has 0 fully saturated rings. The number of hydrogen-bond acceptors (Lipinski definition) is 2. The average Bonchev–Trinajstić information content (AvgIpc) is 2.21. The van der Waals surface area contributed by atoms with Gasteiger partial charge in [0.2, 0.25) is 0 Å². The van der Waals surface area contributed by atoms with Crippen LogP contribution >= 0.6 is 0 Å². The van der Waals surface area contributed by atoms with E-state index in [1.807, 2.05) is 0 Å². The van der Waals surface area contributed by atoms with Crippen molar-refractivity contribution < 1.29 is 10.5 Å². The number of fused-ring (bicyclic) bond motifs is 1. The SMILES string of the molecule is Cc1ccc2ccccc2c1.OO. The Labute approximate surface area is 77.0 Å². The second-order valence-electron chi connectivity index (χ2n) is 2.85. The van der Waals surface area contributed by atoms with Gasteiger partial charge in [-0.2, -0.15) is 0 Å². The largest absolute Gasteiger partial charge is 0.255 e. The lowest BCUT2D eigenvalue weighted by atomic mass is 10.1. The molecule has 0 aliphatic heterocycles. The van der Waals surface area contributed by atoms with Crippen LogP contribution in [0.3, 0.4) is 0 Å². The van der Waals surface area contributed by atoms with E-state index in [9.17, 15) is 0 Å². The van der Waals surface area contributed by atoms with Crippen LogP contribution in [0.25, 0.3) is 10.8 Å². The van der Waals surface area contributed by atoms with Crippen molar-refractivity contribution in [2.45, 2.75) is 6.92 Å². The van der Waals surface area contributed by atoms with E-state index in [0.717, 1.165) is 0 Å². The summed E-state index contributed by atoms with van der Waals surface area (Å²) in [4.78, 5) is 0. The van der Waals surface area contributed by atoms with E-state index in [1.54, 1.807) is 0 Å². The van der Waals surface area contributed by atoms with E-state index in [4.69, 9.17) is 10.5 Å². The summed E-state index contributed by atoms with van der Waals surface area (Å²) in [5.74, 6) is 0. The van der Waals surface area contributed by atoms with Crippen molar-refractivity contribution in [3.8, 4) is 0 Å². The first-order valence-electron chi connectivity index (χ1n) is 4.02. The van der Waals surface area contributed by atoms with E-state index < -0.39 is 0 Å². The Morgan fingerprint density at radius 2 is 1.46 bits per heavy atom. The third kappa shape index (κ3) is 2.28. The molecule has 0 aromatic heterocycles. The summed E-state index contributed by atoms with van der Waals surface area (Å²) in [5.41, 5.74) is 1.32. The molecule has 0 atom stereocenters. The summed E-state index contributed by atoms with van der Waals surface area (Å²) >= 11 is 0. The fraction of sp³-hybridized carbons (Fsp3) is 0.0909. The lowest BCUT2D eigenvalue weighted by Gasteiger charge is -1.96. The Kier molecular flexibility index (Phi) is 3.43. The summed E-state index contributed by atoms with van der Waals surface area (Å²) < 4.78 is 0. The topological polar surface area (TPSA) is 40.5 Å². The van der Waals surface area contributed by atoms with Crippen molar-refractivity contribution in [3.63, 3.8) is 0 Å². The average molecular weight is 176 g/mol. The third-order valence-corrected chi connectivity index (χ3v) is 1.90. The summed E-state index contributed by atoms with van der Waals surface area (Å²) in [7, 11) is 0. The van der Waals surface area contributed by atoms with Crippen LogP contribution in [0.2, 0.25) is 0 Å². The molecular formula is C11H12O2. The lowest BCUT2D eigenvalue weighted by molar-refractivity contribution is -0.176. The van der Waals surface area contributed by atoms with Gasteiger partial charge in [-0.15, -0.1) is 0 Å². The van der Waals surface area contributed by atoms with E-state index in [0.29, 0.717) is 0 Å².